The zero-order valence-corrected chi connectivity index (χ0v) is 17.0. The van der Waals surface area contributed by atoms with E-state index in [1.165, 1.54) is 0 Å². The molecule has 0 spiro atoms. The van der Waals surface area contributed by atoms with Crippen LogP contribution in [0.15, 0.2) is 0 Å². The molecule has 0 aliphatic rings. The summed E-state index contributed by atoms with van der Waals surface area (Å²) in [4.78, 5) is 15.7. The third-order valence-corrected chi connectivity index (χ3v) is 5.04. The summed E-state index contributed by atoms with van der Waals surface area (Å²) in [5.74, 6) is -0.153. The average molecular weight is 322 g/mol. The molecule has 4 nitrogen and oxygen atoms in total. The summed E-state index contributed by atoms with van der Waals surface area (Å²) in [6.45, 7) is 19.4. The summed E-state index contributed by atoms with van der Waals surface area (Å²) in [5, 5.41) is 0. The molecule has 0 saturated carbocycles. The molecule has 0 aliphatic carbocycles. The fourth-order valence-corrected chi connectivity index (χ4v) is 4.06. The van der Waals surface area contributed by atoms with Gasteiger partial charge in [-0.25, -0.2) is 0 Å². The maximum atomic E-state index is 12.3. The predicted octanol–water partition coefficient (Wildman–Crippen LogP) is 3.01. The van der Waals surface area contributed by atoms with E-state index in [0.717, 1.165) is 0 Å². The van der Waals surface area contributed by atoms with E-state index in [-0.39, 0.29) is 12.0 Å². The Bertz CT molecular complexity index is 303. The molecule has 0 rings (SSSR count). The van der Waals surface area contributed by atoms with Gasteiger partial charge in [0.2, 0.25) is 8.32 Å². The minimum Gasteiger partial charge on any atom is -0.519 e. The average Bonchev–Trinajstić information content (AvgIpc) is 2.05. The molecule has 0 aromatic heterocycles. The molecule has 1 N–H and O–H groups in total. The van der Waals surface area contributed by atoms with Gasteiger partial charge in [-0.1, -0.05) is 19.6 Å². The lowest BCUT2D eigenvalue weighted by atomic mass is 10.3. The van der Waals surface area contributed by atoms with Crippen LogP contribution in [-0.2, 0) is 13.6 Å². The molecule has 0 radical (unpaired) electrons. The van der Waals surface area contributed by atoms with Crippen LogP contribution in [0.25, 0.3) is 0 Å². The van der Waals surface area contributed by atoms with Crippen LogP contribution in [0, 0.1) is 0 Å². The van der Waals surface area contributed by atoms with Gasteiger partial charge in [0.15, 0.2) is 8.32 Å². The first kappa shape index (κ1) is 19.0. The Labute approximate surface area is 121 Å². The normalized spacial score (nSPS) is 15.2. The number of hydrogen-bond donors (Lipinski definition) is 1. The summed E-state index contributed by atoms with van der Waals surface area (Å²) in [6.07, 6.45) is 0. The highest BCUT2D eigenvalue weighted by molar-refractivity contribution is 6.74. The second-order valence-corrected chi connectivity index (χ2v) is 21.6. The summed E-state index contributed by atoms with van der Waals surface area (Å²) in [5.41, 5.74) is 0. The second kappa shape index (κ2) is 6.66. The second-order valence-electron chi connectivity index (χ2n) is 7.90. The summed E-state index contributed by atoms with van der Waals surface area (Å²) >= 11 is 0. The fraction of sp³-hybridized carbons (Fsp3) is 0.917. The van der Waals surface area contributed by atoms with E-state index in [2.05, 4.69) is 44.3 Å². The van der Waals surface area contributed by atoms with Crippen molar-refractivity contribution in [3.05, 3.63) is 0 Å². The Morgan fingerprint density at radius 2 is 1.42 bits per heavy atom. The highest BCUT2D eigenvalue weighted by Gasteiger charge is 2.31. The van der Waals surface area contributed by atoms with Crippen molar-refractivity contribution in [2.45, 2.75) is 65.0 Å². The van der Waals surface area contributed by atoms with E-state index in [9.17, 15) is 4.79 Å². The number of nitrogens with one attached hydrogen (secondary N) is 1. The Kier molecular flexibility index (Phi) is 6.68. The van der Waals surface area contributed by atoms with Gasteiger partial charge in [0.05, 0.1) is 6.61 Å². The van der Waals surface area contributed by atoms with Crippen LogP contribution < -0.4 is 4.98 Å². The highest BCUT2D eigenvalue weighted by atomic mass is 28.4. The molecule has 7 heteroatoms. The maximum Gasteiger partial charge on any atom is 0.311 e. The van der Waals surface area contributed by atoms with Gasteiger partial charge in [0.1, 0.15) is 14.3 Å². The van der Waals surface area contributed by atoms with Crippen molar-refractivity contribution < 1.29 is 13.6 Å². The first-order chi connectivity index (χ1) is 8.20. The number of rotatable bonds is 7. The molecule has 0 unspecified atom stereocenters. The lowest BCUT2D eigenvalue weighted by Gasteiger charge is -2.30. The molecular formula is C12H31NO3Si3. The molecule has 0 aromatic carbocycles. The summed E-state index contributed by atoms with van der Waals surface area (Å²) < 4.78 is 11.5. The van der Waals surface area contributed by atoms with Crippen molar-refractivity contribution in [1.29, 1.82) is 0 Å². The Balaban J connectivity index is 4.72. The number of carbonyl (C=O) groups excluding carboxylic acids is 1. The van der Waals surface area contributed by atoms with Crippen LogP contribution in [0.1, 0.15) is 0 Å². The minimum absolute atomic E-state index is 0.153. The molecule has 1 atom stereocenters. The molecule has 0 amide bonds. The van der Waals surface area contributed by atoms with Crippen LogP contribution in [0.3, 0.4) is 0 Å². The van der Waals surface area contributed by atoms with E-state index < -0.39 is 24.9 Å². The van der Waals surface area contributed by atoms with Gasteiger partial charge < -0.3 is 13.8 Å². The largest absolute Gasteiger partial charge is 0.519 e. The molecule has 0 saturated heterocycles. The lowest BCUT2D eigenvalue weighted by molar-refractivity contribution is -0.137. The van der Waals surface area contributed by atoms with Gasteiger partial charge in [-0.05, 0) is 39.3 Å². The topological polar surface area (TPSA) is 47.6 Å². The van der Waals surface area contributed by atoms with Crippen LogP contribution in [-0.4, -0.2) is 43.5 Å². The van der Waals surface area contributed by atoms with Gasteiger partial charge >= 0.3 is 5.97 Å². The van der Waals surface area contributed by atoms with Crippen molar-refractivity contribution in [2.75, 3.05) is 6.61 Å². The molecule has 0 heterocycles. The first-order valence-electron chi connectivity index (χ1n) is 6.84. The molecule has 0 aliphatic heterocycles. The van der Waals surface area contributed by atoms with Crippen molar-refractivity contribution in [2.24, 2.45) is 0 Å². The standard InChI is InChI=1S/C12H31NO3Si3/c1-17(2,3)13-11(10-15-18(4,5)6)12(14)16-19(7,8)9/h11,13H,10H2,1-9H3/t11-/m0/s1. The van der Waals surface area contributed by atoms with Gasteiger partial charge in [-0.2, -0.15) is 0 Å². The number of carbonyl (C=O) groups is 1. The van der Waals surface area contributed by atoms with Gasteiger partial charge in [-0.3, -0.25) is 4.79 Å². The maximum absolute atomic E-state index is 12.3. The SMILES string of the molecule is C[Si](C)(C)N[C@@H](CO[Si](C)(C)C)C(=O)O[Si](C)(C)C. The monoisotopic (exact) mass is 321 g/mol. The third kappa shape index (κ3) is 11.6. The van der Waals surface area contributed by atoms with Crippen molar-refractivity contribution in [3.63, 3.8) is 0 Å². The van der Waals surface area contributed by atoms with Crippen LogP contribution in [0.2, 0.25) is 58.9 Å². The Morgan fingerprint density at radius 1 is 0.947 bits per heavy atom. The molecule has 0 fully saturated rings. The van der Waals surface area contributed by atoms with Crippen LogP contribution in [0.5, 0.6) is 0 Å². The molecule has 0 bridgehead atoms. The zero-order valence-electron chi connectivity index (χ0n) is 14.0. The summed E-state index contributed by atoms with van der Waals surface area (Å²) in [7, 11) is -5.03. The molecule has 114 valence electrons. The van der Waals surface area contributed by atoms with E-state index in [0.29, 0.717) is 6.61 Å². The molecule has 19 heavy (non-hydrogen) atoms. The van der Waals surface area contributed by atoms with E-state index in [1.54, 1.807) is 0 Å². The molecular weight excluding hydrogens is 290 g/mol. The minimum atomic E-state index is -1.85. The lowest BCUT2D eigenvalue weighted by Crippen LogP contribution is -2.56. The van der Waals surface area contributed by atoms with Gasteiger partial charge in [-0.15, -0.1) is 0 Å². The van der Waals surface area contributed by atoms with E-state index in [1.807, 2.05) is 19.6 Å². The van der Waals surface area contributed by atoms with Gasteiger partial charge in [0, 0.05) is 0 Å². The smallest absolute Gasteiger partial charge is 0.311 e. The highest BCUT2D eigenvalue weighted by Crippen LogP contribution is 2.10. The molecule has 0 aromatic rings. The predicted molar refractivity (Wildman–Crippen MR) is 89.0 cm³/mol. The third-order valence-electron chi connectivity index (χ3n) is 1.98. The fourth-order valence-electron chi connectivity index (χ4n) is 1.40. The Hall–Kier alpha value is 0.0406. The van der Waals surface area contributed by atoms with Crippen LogP contribution in [0.4, 0.5) is 0 Å². The first-order valence-corrected chi connectivity index (χ1v) is 17.2. The number of hydrogen-bond acceptors (Lipinski definition) is 4. The van der Waals surface area contributed by atoms with Crippen LogP contribution >= 0.6 is 0 Å². The van der Waals surface area contributed by atoms with E-state index in [4.69, 9.17) is 8.85 Å². The Morgan fingerprint density at radius 3 is 1.74 bits per heavy atom. The van der Waals surface area contributed by atoms with Crippen molar-refractivity contribution in [3.8, 4) is 0 Å². The van der Waals surface area contributed by atoms with E-state index >= 15 is 0 Å². The quantitative estimate of drug-likeness (QED) is 0.732. The van der Waals surface area contributed by atoms with Crippen molar-refractivity contribution in [1.82, 2.24) is 4.98 Å². The van der Waals surface area contributed by atoms with Gasteiger partial charge in [0.25, 0.3) is 0 Å². The summed E-state index contributed by atoms with van der Waals surface area (Å²) in [6, 6.07) is -0.329. The van der Waals surface area contributed by atoms with Crippen molar-refractivity contribution >= 4 is 30.8 Å². The zero-order chi connectivity index (χ0) is 15.5.